The van der Waals surface area contributed by atoms with E-state index in [1.165, 1.54) is 0 Å². The molecule has 1 heterocycles. The van der Waals surface area contributed by atoms with Crippen LogP contribution in [0, 0.1) is 29.6 Å². The molecule has 1 aliphatic rings. The zero-order valence-corrected chi connectivity index (χ0v) is 49.6. The SMILES string of the molecule is CC[C@H](C)[C@H](NC(=O)[C@H](CO)NC(=O)[C@@H]1CCCN1)C(=O)N[C@@H](CC(C)C)C(=O)N[C@@H](CCCCN)C(=O)N[C@@H](CCCCN)C(=O)N[C@H](C(=O)N[C@@H](CC(C)C)C(=O)N[C@@H](CC(C)C)C(=O)N[C@@H](CCC(=O)O)C(=O)O)[C@@H](C)CC. The Morgan fingerprint density at radius 1 is 0.469 bits per heavy atom. The Balaban J connectivity index is 3.52. The molecule has 464 valence electrons. The number of rotatable bonds is 41. The highest BCUT2D eigenvalue weighted by Crippen LogP contribution is 2.16. The highest BCUT2D eigenvalue weighted by Gasteiger charge is 2.38. The van der Waals surface area contributed by atoms with Gasteiger partial charge in [0.2, 0.25) is 53.2 Å². The van der Waals surface area contributed by atoms with Gasteiger partial charge in [0.25, 0.3) is 0 Å². The molecule has 0 saturated carbocycles. The summed E-state index contributed by atoms with van der Waals surface area (Å²) in [5, 5.41) is 56.0. The minimum Gasteiger partial charge on any atom is -0.481 e. The van der Waals surface area contributed by atoms with Gasteiger partial charge in [0.1, 0.15) is 54.4 Å². The monoisotopic (exact) mass is 1150 g/mol. The van der Waals surface area contributed by atoms with E-state index in [4.69, 9.17) is 16.6 Å². The molecule has 12 atom stereocenters. The van der Waals surface area contributed by atoms with Gasteiger partial charge in [0.05, 0.1) is 12.6 Å². The average Bonchev–Trinajstić information content (AvgIpc) is 3.97. The summed E-state index contributed by atoms with van der Waals surface area (Å²) in [7, 11) is 0. The second-order valence-corrected chi connectivity index (χ2v) is 22.7. The van der Waals surface area contributed by atoms with E-state index in [-0.39, 0.29) is 62.9 Å². The number of carbonyl (C=O) groups excluding carboxylic acids is 9. The maximum Gasteiger partial charge on any atom is 0.326 e. The summed E-state index contributed by atoms with van der Waals surface area (Å²) in [6.45, 7) is 18.3. The van der Waals surface area contributed by atoms with Gasteiger partial charge < -0.3 is 80.0 Å². The van der Waals surface area contributed by atoms with E-state index < -0.39 is 157 Å². The van der Waals surface area contributed by atoms with Crippen LogP contribution in [-0.4, -0.2) is 167 Å². The quantitative estimate of drug-likeness (QED) is 0.0344. The molecule has 26 heteroatoms. The third kappa shape index (κ3) is 27.6. The lowest BCUT2D eigenvalue weighted by atomic mass is 9.95. The smallest absolute Gasteiger partial charge is 0.326 e. The second kappa shape index (κ2) is 38.7. The lowest BCUT2D eigenvalue weighted by Gasteiger charge is -2.31. The van der Waals surface area contributed by atoms with Crippen molar-refractivity contribution in [1.82, 2.24) is 53.2 Å². The average molecular weight is 1150 g/mol. The molecule has 0 bridgehead atoms. The number of aliphatic carboxylic acids is 2. The molecular formula is C55H100N12O14. The Morgan fingerprint density at radius 2 is 0.827 bits per heavy atom. The lowest BCUT2D eigenvalue weighted by Crippen LogP contribution is -2.62. The van der Waals surface area contributed by atoms with E-state index in [0.29, 0.717) is 51.5 Å². The van der Waals surface area contributed by atoms with Gasteiger partial charge in [-0.15, -0.1) is 0 Å². The minimum atomic E-state index is -1.55. The van der Waals surface area contributed by atoms with Crippen LogP contribution in [0.5, 0.6) is 0 Å². The fourth-order valence-electron chi connectivity index (χ4n) is 9.06. The number of hydrogen-bond acceptors (Lipinski definition) is 15. The van der Waals surface area contributed by atoms with E-state index in [0.717, 1.165) is 6.42 Å². The van der Waals surface area contributed by atoms with E-state index in [1.54, 1.807) is 55.4 Å². The first-order valence-corrected chi connectivity index (χ1v) is 29.1. The van der Waals surface area contributed by atoms with Crippen LogP contribution in [0.2, 0.25) is 0 Å². The number of carboxylic acids is 2. The molecule has 0 unspecified atom stereocenters. The summed E-state index contributed by atoms with van der Waals surface area (Å²) < 4.78 is 0. The van der Waals surface area contributed by atoms with Crippen LogP contribution >= 0.6 is 0 Å². The van der Waals surface area contributed by atoms with Gasteiger partial charge in [-0.1, -0.05) is 82.1 Å². The van der Waals surface area contributed by atoms with Crippen molar-refractivity contribution in [3.63, 3.8) is 0 Å². The molecule has 0 radical (unpaired) electrons. The van der Waals surface area contributed by atoms with Gasteiger partial charge >= 0.3 is 11.9 Å². The van der Waals surface area contributed by atoms with Gasteiger partial charge in [-0.3, -0.25) is 47.9 Å². The number of aliphatic hydroxyl groups excluding tert-OH is 1. The Labute approximate surface area is 478 Å². The van der Waals surface area contributed by atoms with E-state index in [1.807, 2.05) is 13.8 Å². The molecule has 17 N–H and O–H groups in total. The number of nitrogens with two attached hydrogens (primary N) is 2. The van der Waals surface area contributed by atoms with Crippen molar-refractivity contribution >= 4 is 65.1 Å². The van der Waals surface area contributed by atoms with Crippen LogP contribution in [-0.2, 0) is 52.7 Å². The highest BCUT2D eigenvalue weighted by atomic mass is 16.4. The Hall–Kier alpha value is -5.99. The molecule has 81 heavy (non-hydrogen) atoms. The molecule has 0 aliphatic carbocycles. The maximum atomic E-state index is 14.4. The number of amides is 9. The lowest BCUT2D eigenvalue weighted by molar-refractivity contribution is -0.143. The molecule has 0 aromatic rings. The van der Waals surface area contributed by atoms with Crippen molar-refractivity contribution < 1.29 is 68.1 Å². The van der Waals surface area contributed by atoms with Gasteiger partial charge in [-0.05, 0) is 126 Å². The van der Waals surface area contributed by atoms with E-state index in [9.17, 15) is 63.0 Å². The topological polar surface area (TPSA) is 421 Å². The van der Waals surface area contributed by atoms with Gasteiger partial charge in [0.15, 0.2) is 0 Å². The van der Waals surface area contributed by atoms with Crippen LogP contribution in [0.25, 0.3) is 0 Å². The van der Waals surface area contributed by atoms with Crippen molar-refractivity contribution in [1.29, 1.82) is 0 Å². The second-order valence-electron chi connectivity index (χ2n) is 22.7. The van der Waals surface area contributed by atoms with Crippen molar-refractivity contribution in [3.8, 4) is 0 Å². The summed E-state index contributed by atoms with van der Waals surface area (Å²) in [5.41, 5.74) is 11.6. The summed E-state index contributed by atoms with van der Waals surface area (Å²) in [6, 6.07) is -12.1. The third-order valence-corrected chi connectivity index (χ3v) is 14.2. The van der Waals surface area contributed by atoms with Crippen LogP contribution in [0.1, 0.15) is 166 Å². The minimum absolute atomic E-state index is 0.0655. The molecule has 0 aromatic heterocycles. The van der Waals surface area contributed by atoms with Crippen molar-refractivity contribution in [2.75, 3.05) is 26.2 Å². The molecule has 1 rings (SSSR count). The molecule has 9 amide bonds. The van der Waals surface area contributed by atoms with Crippen LogP contribution in [0.3, 0.4) is 0 Å². The van der Waals surface area contributed by atoms with E-state index in [2.05, 4.69) is 53.2 Å². The normalized spacial score (nSPS) is 17.4. The summed E-state index contributed by atoms with van der Waals surface area (Å²) in [5.74, 6) is -10.8. The molecule has 0 spiro atoms. The van der Waals surface area contributed by atoms with Crippen LogP contribution in [0.4, 0.5) is 0 Å². The summed E-state index contributed by atoms with van der Waals surface area (Å²) in [6.07, 6.45) is 3.28. The standard InChI is InChI=1S/C55H100N12O14/c1-11-33(9)44(53(78)64-41(28-32(7)8)51(76)62-39(26-30(3)4)50(75)61-38(55(80)81)21-22-43(69)70)66-48(73)37(19-14-16-24-57)59-47(72)36(18-13-15-23-56)60-49(74)40(27-31(5)6)63-54(79)45(34(10)12-2)67-52(77)42(29-68)65-46(71)35-20-17-25-58-35/h30-42,44-45,58,68H,11-29,56-57H2,1-10H3,(H,59,72)(H,60,74)(H,61,75)(H,62,76)(H,63,79)(H,64,78)(H,65,71)(H,66,73)(H,67,77)(H,69,70)(H,80,81)/t33-,34-,35-,36-,37-,38-,39-,40-,41-,42-,44-,45-/m0/s1. The molecular weight excluding hydrogens is 1050 g/mol. The molecule has 1 aliphatic heterocycles. The highest BCUT2D eigenvalue weighted by molar-refractivity contribution is 5.98. The fraction of sp³-hybridized carbons (Fsp3) is 0.800. The van der Waals surface area contributed by atoms with Gasteiger partial charge in [0, 0.05) is 6.42 Å². The number of carboxylic acid groups (broad SMARTS) is 2. The van der Waals surface area contributed by atoms with Crippen LogP contribution in [0.15, 0.2) is 0 Å². The fourth-order valence-corrected chi connectivity index (χ4v) is 9.06. The molecule has 0 aromatic carbocycles. The molecule has 1 saturated heterocycles. The van der Waals surface area contributed by atoms with E-state index >= 15 is 0 Å². The van der Waals surface area contributed by atoms with Gasteiger partial charge in [-0.2, -0.15) is 0 Å². The third-order valence-electron chi connectivity index (χ3n) is 14.2. The van der Waals surface area contributed by atoms with Crippen molar-refractivity contribution in [3.05, 3.63) is 0 Å². The number of hydrogen-bond donors (Lipinski definition) is 15. The molecule has 26 nitrogen and oxygen atoms in total. The predicted octanol–water partition coefficient (Wildman–Crippen LogP) is -0.468. The van der Waals surface area contributed by atoms with Crippen LogP contribution < -0.4 is 64.6 Å². The number of carbonyl (C=O) groups is 11. The zero-order valence-electron chi connectivity index (χ0n) is 49.6. The predicted molar refractivity (Wildman–Crippen MR) is 303 cm³/mol. The molecule has 1 fully saturated rings. The Kier molecular flexibility index (Phi) is 34.9. The largest absolute Gasteiger partial charge is 0.481 e. The first-order valence-electron chi connectivity index (χ1n) is 29.1. The number of nitrogens with one attached hydrogen (secondary N) is 10. The van der Waals surface area contributed by atoms with Gasteiger partial charge in [-0.25, -0.2) is 4.79 Å². The zero-order chi connectivity index (χ0) is 61.5. The summed E-state index contributed by atoms with van der Waals surface area (Å²) >= 11 is 0. The Morgan fingerprint density at radius 3 is 1.16 bits per heavy atom. The summed E-state index contributed by atoms with van der Waals surface area (Å²) in [4.78, 5) is 149. The van der Waals surface area contributed by atoms with Crippen molar-refractivity contribution in [2.24, 2.45) is 41.1 Å². The van der Waals surface area contributed by atoms with Crippen molar-refractivity contribution in [2.45, 2.75) is 226 Å². The Bertz CT molecular complexity index is 2040. The first-order chi connectivity index (χ1) is 38.1. The number of unbranched alkanes of at least 4 members (excludes halogenated alkanes) is 2. The first kappa shape index (κ1) is 73.0. The number of aliphatic hydroxyl groups is 1. The maximum absolute atomic E-state index is 14.4.